The van der Waals surface area contributed by atoms with Crippen molar-refractivity contribution in [1.29, 1.82) is 0 Å². The highest BCUT2D eigenvalue weighted by atomic mass is 16.5. The molecule has 2 aliphatic rings. The van der Waals surface area contributed by atoms with Crippen LogP contribution in [0.15, 0.2) is 0 Å². The molecule has 2 nitrogen and oxygen atoms in total. The van der Waals surface area contributed by atoms with Crippen LogP contribution < -0.4 is 0 Å². The summed E-state index contributed by atoms with van der Waals surface area (Å²) in [5, 5.41) is 0. The average molecular weight is 197 g/mol. The second-order valence-corrected chi connectivity index (χ2v) is 5.35. The van der Waals surface area contributed by atoms with Crippen molar-refractivity contribution in [3.8, 4) is 0 Å². The lowest BCUT2D eigenvalue weighted by molar-refractivity contribution is -0.0514. The van der Waals surface area contributed by atoms with Gasteiger partial charge in [-0.2, -0.15) is 0 Å². The number of hydrogen-bond donors (Lipinski definition) is 0. The van der Waals surface area contributed by atoms with Gasteiger partial charge < -0.3 is 4.74 Å². The molecule has 82 valence electrons. The van der Waals surface area contributed by atoms with Gasteiger partial charge >= 0.3 is 0 Å². The Morgan fingerprint density at radius 2 is 2.07 bits per heavy atom. The molecule has 0 bridgehead atoms. The van der Waals surface area contributed by atoms with Crippen LogP contribution in [-0.2, 0) is 4.74 Å². The van der Waals surface area contributed by atoms with Crippen molar-refractivity contribution in [3.05, 3.63) is 0 Å². The van der Waals surface area contributed by atoms with E-state index in [9.17, 15) is 0 Å². The summed E-state index contributed by atoms with van der Waals surface area (Å²) in [6.45, 7) is 10.2. The summed E-state index contributed by atoms with van der Waals surface area (Å²) in [7, 11) is 0. The first-order valence-electron chi connectivity index (χ1n) is 6.00. The SMILES string of the molecule is CC(C)N1CCCO[C@@](C)(C2CC2)C1. The first kappa shape index (κ1) is 10.4. The van der Waals surface area contributed by atoms with E-state index in [1.165, 1.54) is 25.8 Å². The highest BCUT2D eigenvalue weighted by Crippen LogP contribution is 2.43. The van der Waals surface area contributed by atoms with Gasteiger partial charge in [0.2, 0.25) is 0 Å². The van der Waals surface area contributed by atoms with Crippen LogP contribution in [0.4, 0.5) is 0 Å². The second kappa shape index (κ2) is 3.82. The third kappa shape index (κ3) is 2.12. The van der Waals surface area contributed by atoms with E-state index in [2.05, 4.69) is 25.7 Å². The predicted molar refractivity (Wildman–Crippen MR) is 58.4 cm³/mol. The Kier molecular flexibility index (Phi) is 2.85. The third-order valence-corrected chi connectivity index (χ3v) is 3.71. The van der Waals surface area contributed by atoms with Gasteiger partial charge in [-0.15, -0.1) is 0 Å². The molecule has 0 N–H and O–H groups in total. The molecule has 1 saturated carbocycles. The fourth-order valence-electron chi connectivity index (χ4n) is 2.48. The highest BCUT2D eigenvalue weighted by Gasteiger charge is 2.44. The molecule has 0 aromatic carbocycles. The number of ether oxygens (including phenoxy) is 1. The summed E-state index contributed by atoms with van der Waals surface area (Å²) in [5.74, 6) is 0.835. The van der Waals surface area contributed by atoms with Gasteiger partial charge in [0.1, 0.15) is 0 Å². The Balaban J connectivity index is 2.02. The molecule has 1 aliphatic carbocycles. The molecule has 2 fully saturated rings. The molecular weight excluding hydrogens is 174 g/mol. The molecule has 1 aliphatic heterocycles. The van der Waals surface area contributed by atoms with E-state index in [0.29, 0.717) is 6.04 Å². The van der Waals surface area contributed by atoms with Crippen molar-refractivity contribution in [2.75, 3.05) is 19.7 Å². The molecule has 14 heavy (non-hydrogen) atoms. The van der Waals surface area contributed by atoms with Crippen LogP contribution in [-0.4, -0.2) is 36.2 Å². The van der Waals surface area contributed by atoms with E-state index in [1.807, 2.05) is 0 Å². The molecule has 0 unspecified atom stereocenters. The lowest BCUT2D eigenvalue weighted by Gasteiger charge is -2.34. The van der Waals surface area contributed by atoms with E-state index in [4.69, 9.17) is 4.74 Å². The number of rotatable bonds is 2. The van der Waals surface area contributed by atoms with Crippen LogP contribution in [0.1, 0.15) is 40.0 Å². The van der Waals surface area contributed by atoms with E-state index in [1.54, 1.807) is 0 Å². The van der Waals surface area contributed by atoms with Crippen molar-refractivity contribution >= 4 is 0 Å². The van der Waals surface area contributed by atoms with Gasteiger partial charge in [-0.1, -0.05) is 0 Å². The van der Waals surface area contributed by atoms with Gasteiger partial charge in [0, 0.05) is 25.7 Å². The molecule has 2 rings (SSSR count). The minimum atomic E-state index is 0.154. The van der Waals surface area contributed by atoms with Gasteiger partial charge in [-0.05, 0) is 46.0 Å². The maximum atomic E-state index is 6.05. The first-order chi connectivity index (χ1) is 6.62. The topological polar surface area (TPSA) is 12.5 Å². The van der Waals surface area contributed by atoms with Crippen LogP contribution in [0, 0.1) is 5.92 Å². The fourth-order valence-corrected chi connectivity index (χ4v) is 2.48. The first-order valence-corrected chi connectivity index (χ1v) is 6.00. The summed E-state index contributed by atoms with van der Waals surface area (Å²) in [6.07, 6.45) is 3.95. The largest absolute Gasteiger partial charge is 0.374 e. The molecule has 0 amide bonds. The summed E-state index contributed by atoms with van der Waals surface area (Å²) in [6, 6.07) is 0.662. The number of nitrogens with zero attached hydrogens (tertiary/aromatic N) is 1. The monoisotopic (exact) mass is 197 g/mol. The summed E-state index contributed by atoms with van der Waals surface area (Å²) < 4.78 is 6.05. The maximum absolute atomic E-state index is 6.05. The van der Waals surface area contributed by atoms with Crippen molar-refractivity contribution < 1.29 is 4.74 Å². The highest BCUT2D eigenvalue weighted by molar-refractivity contribution is 4.96. The predicted octanol–water partition coefficient (Wildman–Crippen LogP) is 2.29. The summed E-state index contributed by atoms with van der Waals surface area (Å²) in [5.41, 5.74) is 0.154. The zero-order chi connectivity index (χ0) is 10.2. The normalized spacial score (nSPS) is 36.0. The van der Waals surface area contributed by atoms with Crippen molar-refractivity contribution in [1.82, 2.24) is 4.90 Å². The minimum Gasteiger partial charge on any atom is -0.374 e. The summed E-state index contributed by atoms with van der Waals surface area (Å²) in [4.78, 5) is 2.57. The van der Waals surface area contributed by atoms with E-state index in [-0.39, 0.29) is 5.60 Å². The lowest BCUT2D eigenvalue weighted by atomic mass is 9.99. The van der Waals surface area contributed by atoms with Crippen molar-refractivity contribution in [2.45, 2.75) is 51.7 Å². The molecule has 0 aromatic rings. The molecule has 2 heteroatoms. The molecule has 0 aromatic heterocycles. The van der Waals surface area contributed by atoms with Crippen LogP contribution in [0.5, 0.6) is 0 Å². The van der Waals surface area contributed by atoms with Crippen LogP contribution in [0.25, 0.3) is 0 Å². The minimum absolute atomic E-state index is 0.154. The molecule has 1 atom stereocenters. The van der Waals surface area contributed by atoms with Gasteiger partial charge in [0.15, 0.2) is 0 Å². The van der Waals surface area contributed by atoms with E-state index >= 15 is 0 Å². The zero-order valence-electron chi connectivity index (χ0n) is 9.75. The molecule has 1 heterocycles. The quantitative estimate of drug-likeness (QED) is 0.673. The Labute approximate surface area is 87.6 Å². The molecule has 1 saturated heterocycles. The summed E-state index contributed by atoms with van der Waals surface area (Å²) >= 11 is 0. The van der Waals surface area contributed by atoms with Crippen LogP contribution in [0.3, 0.4) is 0 Å². The van der Waals surface area contributed by atoms with Gasteiger partial charge in [0.25, 0.3) is 0 Å². The Morgan fingerprint density at radius 1 is 1.36 bits per heavy atom. The fraction of sp³-hybridized carbons (Fsp3) is 1.00. The maximum Gasteiger partial charge on any atom is 0.0808 e. The zero-order valence-corrected chi connectivity index (χ0v) is 9.75. The lowest BCUT2D eigenvalue weighted by Crippen LogP contribution is -2.45. The molecular formula is C12H23NO. The standard InChI is InChI=1S/C12H23NO/c1-10(2)13-7-4-8-14-12(3,9-13)11-5-6-11/h10-11H,4-9H2,1-3H3/t12-/m1/s1. The Morgan fingerprint density at radius 3 is 2.64 bits per heavy atom. The Hall–Kier alpha value is -0.0800. The molecule has 0 radical (unpaired) electrons. The Bertz CT molecular complexity index is 200. The number of hydrogen-bond acceptors (Lipinski definition) is 2. The van der Waals surface area contributed by atoms with E-state index < -0.39 is 0 Å². The smallest absolute Gasteiger partial charge is 0.0808 e. The van der Waals surface area contributed by atoms with Crippen molar-refractivity contribution in [3.63, 3.8) is 0 Å². The van der Waals surface area contributed by atoms with Gasteiger partial charge in [-0.25, -0.2) is 0 Å². The van der Waals surface area contributed by atoms with Crippen LogP contribution in [0.2, 0.25) is 0 Å². The molecule has 0 spiro atoms. The average Bonchev–Trinajstić information content (AvgIpc) is 2.88. The third-order valence-electron chi connectivity index (χ3n) is 3.71. The van der Waals surface area contributed by atoms with Gasteiger partial charge in [0.05, 0.1) is 5.60 Å². The van der Waals surface area contributed by atoms with Crippen LogP contribution >= 0.6 is 0 Å². The van der Waals surface area contributed by atoms with E-state index in [0.717, 1.165) is 19.1 Å². The van der Waals surface area contributed by atoms with Crippen molar-refractivity contribution in [2.24, 2.45) is 5.92 Å². The second-order valence-electron chi connectivity index (χ2n) is 5.35. The van der Waals surface area contributed by atoms with Gasteiger partial charge in [-0.3, -0.25) is 4.90 Å².